The molecule has 0 bridgehead atoms. The number of carbonyl (C=O) groups is 2. The normalized spacial score (nSPS) is 10.4. The Hall–Kier alpha value is -2.70. The second-order valence-electron chi connectivity index (χ2n) is 3.92. The van der Waals surface area contributed by atoms with Gasteiger partial charge in [0.2, 0.25) is 0 Å². The first-order chi connectivity index (χ1) is 8.99. The third-order valence-corrected chi connectivity index (χ3v) is 2.57. The first-order valence-electron chi connectivity index (χ1n) is 5.38. The number of nitrogens with zero attached hydrogens (tertiary/aromatic N) is 2. The Morgan fingerprint density at radius 3 is 2.32 bits per heavy atom. The van der Waals surface area contributed by atoms with Crippen molar-refractivity contribution >= 4 is 11.8 Å². The van der Waals surface area contributed by atoms with Crippen LogP contribution < -0.4 is 11.5 Å². The lowest BCUT2D eigenvalue weighted by molar-refractivity contribution is 0.0959. The average Bonchev–Trinajstić information content (AvgIpc) is 2.76. The van der Waals surface area contributed by atoms with Crippen LogP contribution in [-0.4, -0.2) is 21.4 Å². The number of halogens is 1. The van der Waals surface area contributed by atoms with E-state index in [2.05, 4.69) is 4.98 Å². The summed E-state index contributed by atoms with van der Waals surface area (Å²) in [6, 6.07) is 5.71. The Labute approximate surface area is 107 Å². The van der Waals surface area contributed by atoms with Crippen molar-refractivity contribution in [3.05, 3.63) is 53.4 Å². The summed E-state index contributed by atoms with van der Waals surface area (Å²) in [5, 5.41) is 0. The number of amides is 2. The van der Waals surface area contributed by atoms with Gasteiger partial charge in [-0.2, -0.15) is 0 Å². The number of benzene rings is 1. The molecule has 0 fully saturated rings. The van der Waals surface area contributed by atoms with Crippen molar-refractivity contribution in [1.82, 2.24) is 9.55 Å². The zero-order valence-electron chi connectivity index (χ0n) is 9.84. The highest BCUT2D eigenvalue weighted by Crippen LogP contribution is 2.11. The molecule has 0 saturated carbocycles. The molecule has 2 aromatic rings. The molecule has 19 heavy (non-hydrogen) atoms. The predicted octanol–water partition coefficient (Wildman–Crippen LogP) is 0.268. The van der Waals surface area contributed by atoms with Gasteiger partial charge in [-0.25, -0.2) is 9.37 Å². The van der Waals surface area contributed by atoms with Crippen LogP contribution in [0.3, 0.4) is 0 Å². The molecule has 0 spiro atoms. The van der Waals surface area contributed by atoms with Gasteiger partial charge in [-0.1, -0.05) is 12.1 Å². The molecule has 0 aliphatic carbocycles. The quantitative estimate of drug-likeness (QED) is 0.826. The van der Waals surface area contributed by atoms with E-state index in [4.69, 9.17) is 11.5 Å². The summed E-state index contributed by atoms with van der Waals surface area (Å²) in [7, 11) is 0. The Morgan fingerprint density at radius 2 is 1.79 bits per heavy atom. The fourth-order valence-electron chi connectivity index (χ4n) is 1.73. The number of imidazole rings is 1. The van der Waals surface area contributed by atoms with Crippen molar-refractivity contribution < 1.29 is 14.0 Å². The number of primary amides is 2. The van der Waals surface area contributed by atoms with Gasteiger partial charge in [-0.3, -0.25) is 9.59 Å². The minimum atomic E-state index is -0.827. The maximum absolute atomic E-state index is 12.8. The zero-order valence-corrected chi connectivity index (χ0v) is 9.84. The lowest BCUT2D eigenvalue weighted by Crippen LogP contribution is -2.23. The van der Waals surface area contributed by atoms with Crippen LogP contribution in [0.15, 0.2) is 30.6 Å². The van der Waals surface area contributed by atoms with E-state index in [9.17, 15) is 14.0 Å². The van der Waals surface area contributed by atoms with Crippen LogP contribution in [0, 0.1) is 5.82 Å². The van der Waals surface area contributed by atoms with Gasteiger partial charge in [0, 0.05) is 6.54 Å². The van der Waals surface area contributed by atoms with Gasteiger partial charge in [-0.15, -0.1) is 0 Å². The van der Waals surface area contributed by atoms with Crippen molar-refractivity contribution in [2.24, 2.45) is 11.5 Å². The molecule has 0 atom stereocenters. The molecule has 6 nitrogen and oxygen atoms in total. The molecular formula is C12H11FN4O2. The van der Waals surface area contributed by atoms with E-state index in [0.717, 1.165) is 5.56 Å². The minimum absolute atomic E-state index is 0.0585. The second-order valence-corrected chi connectivity index (χ2v) is 3.92. The smallest absolute Gasteiger partial charge is 0.269 e. The van der Waals surface area contributed by atoms with Gasteiger partial charge >= 0.3 is 0 Å². The van der Waals surface area contributed by atoms with E-state index < -0.39 is 11.8 Å². The van der Waals surface area contributed by atoms with Gasteiger partial charge in [0.15, 0.2) is 5.69 Å². The number of rotatable bonds is 4. The summed E-state index contributed by atoms with van der Waals surface area (Å²) in [5.41, 5.74) is 10.8. The van der Waals surface area contributed by atoms with Gasteiger partial charge in [-0.05, 0) is 17.7 Å². The first-order valence-corrected chi connectivity index (χ1v) is 5.38. The summed E-state index contributed by atoms with van der Waals surface area (Å²) in [5.74, 6) is -1.98. The second kappa shape index (κ2) is 4.89. The van der Waals surface area contributed by atoms with Crippen LogP contribution >= 0.6 is 0 Å². The molecule has 0 aliphatic rings. The SMILES string of the molecule is NC(=O)c1ncn(Cc2ccc(F)cc2)c1C(N)=O. The lowest BCUT2D eigenvalue weighted by atomic mass is 10.2. The molecule has 0 radical (unpaired) electrons. The number of hydrogen-bond acceptors (Lipinski definition) is 3. The molecule has 2 rings (SSSR count). The molecule has 0 aliphatic heterocycles. The Kier molecular flexibility index (Phi) is 3.28. The molecule has 0 unspecified atom stereocenters. The standard InChI is InChI=1S/C12H11FN4O2/c13-8-3-1-7(2-4-8)5-17-6-16-9(11(14)18)10(17)12(15)19/h1-4,6H,5H2,(H2,14,18)(H2,15,19). The van der Waals surface area contributed by atoms with Crippen molar-refractivity contribution in [1.29, 1.82) is 0 Å². The summed E-state index contributed by atoms with van der Waals surface area (Å²) in [4.78, 5) is 26.2. The number of carbonyl (C=O) groups excluding carboxylic acids is 2. The fourth-order valence-corrected chi connectivity index (χ4v) is 1.73. The van der Waals surface area contributed by atoms with Crippen molar-refractivity contribution in [3.8, 4) is 0 Å². The molecule has 1 aromatic heterocycles. The molecule has 7 heteroatoms. The van der Waals surface area contributed by atoms with Crippen LogP contribution in [0.25, 0.3) is 0 Å². The van der Waals surface area contributed by atoms with Gasteiger partial charge in [0.25, 0.3) is 11.8 Å². The average molecular weight is 262 g/mol. The Bertz CT molecular complexity index is 634. The van der Waals surface area contributed by atoms with Crippen molar-refractivity contribution in [3.63, 3.8) is 0 Å². The Balaban J connectivity index is 2.37. The number of nitrogens with two attached hydrogens (primary N) is 2. The van der Waals surface area contributed by atoms with Crippen LogP contribution in [-0.2, 0) is 6.54 Å². The van der Waals surface area contributed by atoms with Gasteiger partial charge < -0.3 is 16.0 Å². The Morgan fingerprint density at radius 1 is 1.16 bits per heavy atom. The first kappa shape index (κ1) is 12.7. The van der Waals surface area contributed by atoms with E-state index in [0.29, 0.717) is 0 Å². The van der Waals surface area contributed by atoms with E-state index in [1.54, 1.807) is 12.1 Å². The molecule has 2 amide bonds. The van der Waals surface area contributed by atoms with Crippen LogP contribution in [0.2, 0.25) is 0 Å². The molecule has 0 saturated heterocycles. The fraction of sp³-hybridized carbons (Fsp3) is 0.0833. The minimum Gasteiger partial charge on any atom is -0.364 e. The summed E-state index contributed by atoms with van der Waals surface area (Å²) in [6.07, 6.45) is 1.30. The van der Waals surface area contributed by atoms with Crippen LogP contribution in [0.1, 0.15) is 26.5 Å². The van der Waals surface area contributed by atoms with E-state index in [1.807, 2.05) is 0 Å². The predicted molar refractivity (Wildman–Crippen MR) is 64.8 cm³/mol. The summed E-state index contributed by atoms with van der Waals surface area (Å²) >= 11 is 0. The zero-order chi connectivity index (χ0) is 14.0. The van der Waals surface area contributed by atoms with Crippen molar-refractivity contribution in [2.45, 2.75) is 6.54 Å². The molecule has 98 valence electrons. The highest BCUT2D eigenvalue weighted by atomic mass is 19.1. The number of aromatic nitrogens is 2. The third kappa shape index (κ3) is 2.59. The summed E-state index contributed by atoms with van der Waals surface area (Å²) in [6.45, 7) is 0.235. The lowest BCUT2D eigenvalue weighted by Gasteiger charge is -2.06. The highest BCUT2D eigenvalue weighted by Gasteiger charge is 2.20. The van der Waals surface area contributed by atoms with Gasteiger partial charge in [0.1, 0.15) is 11.5 Å². The molecule has 1 heterocycles. The monoisotopic (exact) mass is 262 g/mol. The topological polar surface area (TPSA) is 104 Å². The van der Waals surface area contributed by atoms with Crippen molar-refractivity contribution in [2.75, 3.05) is 0 Å². The van der Waals surface area contributed by atoms with E-state index >= 15 is 0 Å². The summed E-state index contributed by atoms with van der Waals surface area (Å²) < 4.78 is 14.2. The maximum Gasteiger partial charge on any atom is 0.269 e. The molecular weight excluding hydrogens is 251 g/mol. The molecule has 4 N–H and O–H groups in total. The van der Waals surface area contributed by atoms with Crippen LogP contribution in [0.5, 0.6) is 0 Å². The van der Waals surface area contributed by atoms with Crippen LogP contribution in [0.4, 0.5) is 4.39 Å². The largest absolute Gasteiger partial charge is 0.364 e. The highest BCUT2D eigenvalue weighted by molar-refractivity contribution is 6.03. The molecule has 1 aromatic carbocycles. The maximum atomic E-state index is 12.8. The number of hydrogen-bond donors (Lipinski definition) is 2. The van der Waals surface area contributed by atoms with E-state index in [-0.39, 0.29) is 23.7 Å². The third-order valence-electron chi connectivity index (χ3n) is 2.57. The van der Waals surface area contributed by atoms with Gasteiger partial charge in [0.05, 0.1) is 6.33 Å². The van der Waals surface area contributed by atoms with E-state index in [1.165, 1.54) is 23.0 Å².